The van der Waals surface area contributed by atoms with E-state index in [0.717, 1.165) is 46.0 Å². The Labute approximate surface area is 140 Å². The van der Waals surface area contributed by atoms with Crippen LogP contribution in [0.5, 0.6) is 0 Å². The van der Waals surface area contributed by atoms with Gasteiger partial charge in [-0.15, -0.1) is 22.7 Å². The number of nitrogens with one attached hydrogen (secondary N) is 2. The predicted octanol–water partition coefficient (Wildman–Crippen LogP) is 3.04. The first-order chi connectivity index (χ1) is 10.2. The monoisotopic (exact) mass is 385 g/mol. The maximum absolute atomic E-state index is 12.1. The molecule has 0 unspecified atom stereocenters. The second kappa shape index (κ2) is 7.00. The van der Waals surface area contributed by atoms with E-state index in [4.69, 9.17) is 0 Å². The third-order valence-corrected chi connectivity index (χ3v) is 6.13. The Balaban J connectivity index is 1.57. The van der Waals surface area contributed by atoms with Crippen molar-refractivity contribution in [2.75, 3.05) is 13.1 Å². The summed E-state index contributed by atoms with van der Waals surface area (Å²) in [6.45, 7) is 1.97. The minimum atomic E-state index is 0.0751. The summed E-state index contributed by atoms with van der Waals surface area (Å²) in [6, 6.07) is 2.37. The summed E-state index contributed by atoms with van der Waals surface area (Å²) >= 11 is 6.70. The molecule has 0 spiro atoms. The number of nitrogens with zero attached hydrogens (tertiary/aromatic N) is 1. The van der Waals surface area contributed by atoms with Crippen LogP contribution in [0.1, 0.15) is 18.5 Å². The van der Waals surface area contributed by atoms with Crippen LogP contribution in [0.25, 0.3) is 9.88 Å². The number of rotatable bonds is 4. The van der Waals surface area contributed by atoms with Gasteiger partial charge in [0.1, 0.15) is 5.01 Å². The molecule has 1 fully saturated rings. The Morgan fingerprint density at radius 3 is 2.90 bits per heavy atom. The van der Waals surface area contributed by atoms with E-state index in [0.29, 0.717) is 12.5 Å². The molecule has 0 aliphatic carbocycles. The lowest BCUT2D eigenvalue weighted by molar-refractivity contribution is -0.121. The van der Waals surface area contributed by atoms with Gasteiger partial charge in [0.15, 0.2) is 0 Å². The molecule has 2 aromatic rings. The van der Waals surface area contributed by atoms with Crippen LogP contribution < -0.4 is 10.6 Å². The van der Waals surface area contributed by atoms with Crippen LogP contribution >= 0.6 is 38.6 Å². The summed E-state index contributed by atoms with van der Waals surface area (Å²) in [5, 5.41) is 11.4. The highest BCUT2D eigenvalue weighted by atomic mass is 79.9. The number of hydrogen-bond acceptors (Lipinski definition) is 5. The average molecular weight is 386 g/mol. The highest BCUT2D eigenvalue weighted by Crippen LogP contribution is 2.32. The first-order valence-corrected chi connectivity index (χ1v) is 9.45. The van der Waals surface area contributed by atoms with Crippen LogP contribution in [0, 0.1) is 0 Å². The van der Waals surface area contributed by atoms with Crippen LogP contribution in [-0.2, 0) is 11.2 Å². The fraction of sp³-hybridized carbons (Fsp3) is 0.429. The molecule has 2 aromatic heterocycles. The molecule has 1 saturated heterocycles. The second-order valence-electron chi connectivity index (χ2n) is 5.04. The van der Waals surface area contributed by atoms with E-state index in [1.807, 2.05) is 10.8 Å². The third kappa shape index (κ3) is 4.12. The molecule has 0 radical (unpaired) electrons. The van der Waals surface area contributed by atoms with Gasteiger partial charge in [-0.1, -0.05) is 0 Å². The molecule has 3 heterocycles. The van der Waals surface area contributed by atoms with Crippen molar-refractivity contribution in [3.63, 3.8) is 0 Å². The lowest BCUT2D eigenvalue weighted by Crippen LogP contribution is -2.43. The van der Waals surface area contributed by atoms with Crippen molar-refractivity contribution in [1.29, 1.82) is 0 Å². The van der Waals surface area contributed by atoms with Gasteiger partial charge in [-0.3, -0.25) is 4.79 Å². The van der Waals surface area contributed by atoms with Crippen molar-refractivity contribution in [2.24, 2.45) is 0 Å². The molecule has 0 aromatic carbocycles. The van der Waals surface area contributed by atoms with Crippen LogP contribution in [0.15, 0.2) is 21.3 Å². The minimum Gasteiger partial charge on any atom is -0.353 e. The number of piperidine rings is 1. The molecule has 0 atom stereocenters. The number of carbonyl (C=O) groups excluding carboxylic acids is 1. The van der Waals surface area contributed by atoms with E-state index in [-0.39, 0.29) is 5.91 Å². The first-order valence-electron chi connectivity index (χ1n) is 6.89. The molecule has 0 saturated carbocycles. The summed E-state index contributed by atoms with van der Waals surface area (Å²) < 4.78 is 1.07. The number of thiophene rings is 1. The summed E-state index contributed by atoms with van der Waals surface area (Å²) in [5.74, 6) is 0.0751. The highest BCUT2D eigenvalue weighted by Gasteiger charge is 2.16. The highest BCUT2D eigenvalue weighted by molar-refractivity contribution is 9.10. The largest absolute Gasteiger partial charge is 0.353 e. The Morgan fingerprint density at radius 1 is 1.38 bits per heavy atom. The number of halogens is 1. The third-order valence-electron chi connectivity index (χ3n) is 3.38. The van der Waals surface area contributed by atoms with E-state index in [9.17, 15) is 4.79 Å². The van der Waals surface area contributed by atoms with E-state index < -0.39 is 0 Å². The molecular formula is C14H16BrN3OS2. The van der Waals surface area contributed by atoms with E-state index in [1.165, 1.54) is 0 Å². The van der Waals surface area contributed by atoms with Gasteiger partial charge in [0, 0.05) is 21.3 Å². The second-order valence-corrected chi connectivity index (χ2v) is 7.73. The topological polar surface area (TPSA) is 54.0 Å². The first kappa shape index (κ1) is 15.1. The molecule has 112 valence electrons. The number of amides is 1. The summed E-state index contributed by atoms with van der Waals surface area (Å²) in [6.07, 6.45) is 2.39. The average Bonchev–Trinajstić information content (AvgIpc) is 3.09. The van der Waals surface area contributed by atoms with Crippen LogP contribution in [0.2, 0.25) is 0 Å². The minimum absolute atomic E-state index is 0.0751. The molecule has 1 aliphatic rings. The van der Waals surface area contributed by atoms with Crippen LogP contribution in [-0.4, -0.2) is 30.0 Å². The zero-order valence-electron chi connectivity index (χ0n) is 11.4. The molecule has 3 rings (SSSR count). The number of aromatic nitrogens is 1. The molecule has 7 heteroatoms. The van der Waals surface area contributed by atoms with Gasteiger partial charge in [0.25, 0.3) is 0 Å². The van der Waals surface area contributed by atoms with Gasteiger partial charge in [-0.25, -0.2) is 4.98 Å². The molecule has 21 heavy (non-hydrogen) atoms. The molecule has 2 N–H and O–H groups in total. The summed E-state index contributed by atoms with van der Waals surface area (Å²) in [7, 11) is 0. The number of hydrogen-bond donors (Lipinski definition) is 2. The molecule has 4 nitrogen and oxygen atoms in total. The van der Waals surface area contributed by atoms with Gasteiger partial charge in [-0.05, 0) is 47.9 Å². The SMILES string of the molecule is O=C(Cc1csc(-c2cc(Br)cs2)n1)NC1CCNCC1. The van der Waals surface area contributed by atoms with Crippen molar-refractivity contribution >= 4 is 44.5 Å². The van der Waals surface area contributed by atoms with Crippen molar-refractivity contribution < 1.29 is 4.79 Å². The van der Waals surface area contributed by atoms with E-state index in [1.54, 1.807) is 22.7 Å². The number of carbonyl (C=O) groups is 1. The van der Waals surface area contributed by atoms with Crippen LogP contribution in [0.4, 0.5) is 0 Å². The maximum Gasteiger partial charge on any atom is 0.226 e. The smallest absolute Gasteiger partial charge is 0.226 e. The van der Waals surface area contributed by atoms with Crippen molar-refractivity contribution in [3.8, 4) is 9.88 Å². The standard InChI is InChI=1S/C14H16BrN3OS2/c15-9-5-12(20-7-9)14-18-11(8-21-14)6-13(19)17-10-1-3-16-4-2-10/h5,7-8,10,16H,1-4,6H2,(H,17,19). The molecule has 1 amide bonds. The molecular weight excluding hydrogens is 370 g/mol. The fourth-order valence-electron chi connectivity index (χ4n) is 2.34. The maximum atomic E-state index is 12.1. The summed E-state index contributed by atoms with van der Waals surface area (Å²) in [4.78, 5) is 17.8. The summed E-state index contributed by atoms with van der Waals surface area (Å²) in [5.41, 5.74) is 0.853. The lowest BCUT2D eigenvalue weighted by atomic mass is 10.1. The van der Waals surface area contributed by atoms with Gasteiger partial charge >= 0.3 is 0 Å². The van der Waals surface area contributed by atoms with Gasteiger partial charge in [0.05, 0.1) is 17.0 Å². The Kier molecular flexibility index (Phi) is 5.05. The van der Waals surface area contributed by atoms with E-state index >= 15 is 0 Å². The molecule has 1 aliphatic heterocycles. The fourth-order valence-corrected chi connectivity index (χ4v) is 4.66. The van der Waals surface area contributed by atoms with Crippen molar-refractivity contribution in [3.05, 3.63) is 27.0 Å². The lowest BCUT2D eigenvalue weighted by Gasteiger charge is -2.23. The molecule has 0 bridgehead atoms. The Hall–Kier alpha value is -0.760. The Morgan fingerprint density at radius 2 is 2.19 bits per heavy atom. The quantitative estimate of drug-likeness (QED) is 0.849. The van der Waals surface area contributed by atoms with Gasteiger partial charge in [0.2, 0.25) is 5.91 Å². The van der Waals surface area contributed by atoms with Gasteiger partial charge < -0.3 is 10.6 Å². The number of thiazole rings is 1. The predicted molar refractivity (Wildman–Crippen MR) is 90.9 cm³/mol. The zero-order chi connectivity index (χ0) is 14.7. The van der Waals surface area contributed by atoms with Crippen molar-refractivity contribution in [2.45, 2.75) is 25.3 Å². The van der Waals surface area contributed by atoms with E-state index in [2.05, 4.69) is 37.6 Å². The van der Waals surface area contributed by atoms with Gasteiger partial charge in [-0.2, -0.15) is 0 Å². The van der Waals surface area contributed by atoms with Crippen LogP contribution in [0.3, 0.4) is 0 Å². The van der Waals surface area contributed by atoms with Crippen molar-refractivity contribution in [1.82, 2.24) is 15.6 Å². The normalized spacial score (nSPS) is 16.0. The zero-order valence-corrected chi connectivity index (χ0v) is 14.6. The Bertz CT molecular complexity index is 619.